The SMILES string of the molecule is c1ccc(CN2CCCC(NCC3CCCCN3)C2)cc1. The molecule has 0 amide bonds. The van der Waals surface area contributed by atoms with Crippen molar-refractivity contribution in [3.05, 3.63) is 35.9 Å². The van der Waals surface area contributed by atoms with Gasteiger partial charge in [-0.25, -0.2) is 0 Å². The van der Waals surface area contributed by atoms with E-state index < -0.39 is 0 Å². The standard InChI is InChI=1S/C18H29N3/c1-2-7-16(8-3-1)14-21-12-6-10-18(15-21)20-13-17-9-4-5-11-19-17/h1-3,7-8,17-20H,4-6,9-15H2. The van der Waals surface area contributed by atoms with Gasteiger partial charge in [0.1, 0.15) is 0 Å². The summed E-state index contributed by atoms with van der Waals surface area (Å²) in [6.07, 6.45) is 6.74. The molecule has 3 rings (SSSR count). The van der Waals surface area contributed by atoms with Gasteiger partial charge in [-0.1, -0.05) is 36.8 Å². The van der Waals surface area contributed by atoms with Crippen LogP contribution in [-0.4, -0.2) is 43.2 Å². The molecule has 2 N–H and O–H groups in total. The van der Waals surface area contributed by atoms with Crippen LogP contribution in [0, 0.1) is 0 Å². The highest BCUT2D eigenvalue weighted by molar-refractivity contribution is 5.14. The lowest BCUT2D eigenvalue weighted by molar-refractivity contribution is 0.180. The molecular formula is C18H29N3. The third-order valence-electron chi connectivity index (χ3n) is 4.82. The Labute approximate surface area is 129 Å². The number of likely N-dealkylation sites (tertiary alicyclic amines) is 1. The van der Waals surface area contributed by atoms with E-state index in [4.69, 9.17) is 0 Å². The van der Waals surface area contributed by atoms with Crippen molar-refractivity contribution < 1.29 is 0 Å². The number of rotatable bonds is 5. The van der Waals surface area contributed by atoms with Crippen molar-refractivity contribution in [2.45, 2.75) is 50.7 Å². The van der Waals surface area contributed by atoms with Crippen LogP contribution in [0.1, 0.15) is 37.7 Å². The summed E-state index contributed by atoms with van der Waals surface area (Å²) in [6, 6.07) is 12.2. The second kappa shape index (κ2) is 7.92. The fraction of sp³-hybridized carbons (Fsp3) is 0.667. The molecule has 3 nitrogen and oxygen atoms in total. The maximum absolute atomic E-state index is 3.80. The van der Waals surface area contributed by atoms with Crippen LogP contribution in [0.5, 0.6) is 0 Å². The molecule has 2 aliphatic heterocycles. The van der Waals surface area contributed by atoms with E-state index in [0.29, 0.717) is 12.1 Å². The first-order valence-electron chi connectivity index (χ1n) is 8.63. The summed E-state index contributed by atoms with van der Waals surface area (Å²) in [5.41, 5.74) is 1.44. The van der Waals surface area contributed by atoms with Crippen LogP contribution in [0.25, 0.3) is 0 Å². The minimum Gasteiger partial charge on any atom is -0.313 e. The highest BCUT2D eigenvalue weighted by atomic mass is 15.2. The van der Waals surface area contributed by atoms with Gasteiger partial charge in [0.05, 0.1) is 0 Å². The molecule has 0 aliphatic carbocycles. The molecule has 0 saturated carbocycles. The third kappa shape index (κ3) is 4.80. The number of benzene rings is 1. The van der Waals surface area contributed by atoms with Crippen molar-refractivity contribution in [3.8, 4) is 0 Å². The summed E-state index contributed by atoms with van der Waals surface area (Å²) in [5, 5.41) is 7.44. The van der Waals surface area contributed by atoms with Crippen molar-refractivity contribution in [2.24, 2.45) is 0 Å². The van der Waals surface area contributed by atoms with Gasteiger partial charge in [-0.15, -0.1) is 0 Å². The summed E-state index contributed by atoms with van der Waals surface area (Å²) in [6.45, 7) is 5.89. The predicted molar refractivity (Wildman–Crippen MR) is 88.4 cm³/mol. The van der Waals surface area contributed by atoms with E-state index in [1.165, 1.54) is 57.3 Å². The zero-order chi connectivity index (χ0) is 14.3. The molecule has 3 heteroatoms. The Morgan fingerprint density at radius 2 is 2.00 bits per heavy atom. The summed E-state index contributed by atoms with van der Waals surface area (Å²) >= 11 is 0. The van der Waals surface area contributed by atoms with E-state index in [-0.39, 0.29) is 0 Å². The maximum Gasteiger partial charge on any atom is 0.0234 e. The molecule has 0 spiro atoms. The third-order valence-corrected chi connectivity index (χ3v) is 4.82. The Kier molecular flexibility index (Phi) is 5.67. The molecule has 2 atom stereocenters. The van der Waals surface area contributed by atoms with Crippen molar-refractivity contribution >= 4 is 0 Å². The van der Waals surface area contributed by atoms with E-state index in [1.54, 1.807) is 0 Å². The van der Waals surface area contributed by atoms with Crippen LogP contribution in [0.3, 0.4) is 0 Å². The van der Waals surface area contributed by atoms with E-state index >= 15 is 0 Å². The first-order chi connectivity index (χ1) is 10.4. The van der Waals surface area contributed by atoms with Crippen LogP contribution in [-0.2, 0) is 6.54 Å². The number of hydrogen-bond acceptors (Lipinski definition) is 3. The van der Waals surface area contributed by atoms with Gasteiger partial charge in [0.2, 0.25) is 0 Å². The zero-order valence-corrected chi connectivity index (χ0v) is 13.1. The minimum atomic E-state index is 0.672. The molecule has 2 saturated heterocycles. The zero-order valence-electron chi connectivity index (χ0n) is 13.1. The topological polar surface area (TPSA) is 27.3 Å². The lowest BCUT2D eigenvalue weighted by Crippen LogP contribution is -2.50. The van der Waals surface area contributed by atoms with E-state index in [2.05, 4.69) is 45.9 Å². The van der Waals surface area contributed by atoms with E-state index in [9.17, 15) is 0 Å². The molecule has 2 aliphatic rings. The molecular weight excluding hydrogens is 258 g/mol. The van der Waals surface area contributed by atoms with Gasteiger partial charge < -0.3 is 10.6 Å². The summed E-state index contributed by atoms with van der Waals surface area (Å²) < 4.78 is 0. The molecule has 1 aromatic rings. The second-order valence-electron chi connectivity index (χ2n) is 6.61. The predicted octanol–water partition coefficient (Wildman–Crippen LogP) is 2.38. The molecule has 2 fully saturated rings. The fourth-order valence-corrected chi connectivity index (χ4v) is 3.61. The lowest BCUT2D eigenvalue weighted by atomic mass is 10.0. The number of nitrogens with zero attached hydrogens (tertiary/aromatic N) is 1. The maximum atomic E-state index is 3.80. The van der Waals surface area contributed by atoms with Crippen LogP contribution in [0.4, 0.5) is 0 Å². The second-order valence-corrected chi connectivity index (χ2v) is 6.61. The van der Waals surface area contributed by atoms with Gasteiger partial charge in [-0.2, -0.15) is 0 Å². The molecule has 1 aromatic carbocycles. The number of hydrogen-bond donors (Lipinski definition) is 2. The van der Waals surface area contributed by atoms with Crippen molar-refractivity contribution in [2.75, 3.05) is 26.2 Å². The molecule has 21 heavy (non-hydrogen) atoms. The first-order valence-corrected chi connectivity index (χ1v) is 8.63. The van der Waals surface area contributed by atoms with Gasteiger partial charge in [-0.05, 0) is 44.3 Å². The summed E-state index contributed by atoms with van der Waals surface area (Å²) in [5.74, 6) is 0. The van der Waals surface area contributed by atoms with Gasteiger partial charge in [0.25, 0.3) is 0 Å². The van der Waals surface area contributed by atoms with Crippen molar-refractivity contribution in [1.82, 2.24) is 15.5 Å². The van der Waals surface area contributed by atoms with Crippen LogP contribution < -0.4 is 10.6 Å². The summed E-state index contributed by atoms with van der Waals surface area (Å²) in [7, 11) is 0. The quantitative estimate of drug-likeness (QED) is 0.871. The smallest absolute Gasteiger partial charge is 0.0234 e. The number of piperidine rings is 2. The van der Waals surface area contributed by atoms with Crippen molar-refractivity contribution in [1.29, 1.82) is 0 Å². The normalized spacial score (nSPS) is 27.6. The average molecular weight is 287 g/mol. The molecule has 0 aromatic heterocycles. The van der Waals surface area contributed by atoms with Crippen LogP contribution >= 0.6 is 0 Å². The Morgan fingerprint density at radius 1 is 1.10 bits per heavy atom. The largest absolute Gasteiger partial charge is 0.313 e. The molecule has 116 valence electrons. The van der Waals surface area contributed by atoms with Gasteiger partial charge in [0, 0.05) is 31.7 Å². The lowest BCUT2D eigenvalue weighted by Gasteiger charge is -2.34. The van der Waals surface area contributed by atoms with Crippen molar-refractivity contribution in [3.63, 3.8) is 0 Å². The highest BCUT2D eigenvalue weighted by Crippen LogP contribution is 2.14. The number of nitrogens with one attached hydrogen (secondary N) is 2. The Hall–Kier alpha value is -0.900. The van der Waals surface area contributed by atoms with Gasteiger partial charge in [-0.3, -0.25) is 4.90 Å². The first kappa shape index (κ1) is 15.0. The van der Waals surface area contributed by atoms with E-state index in [0.717, 1.165) is 13.1 Å². The van der Waals surface area contributed by atoms with Crippen LogP contribution in [0.15, 0.2) is 30.3 Å². The van der Waals surface area contributed by atoms with Gasteiger partial charge in [0.15, 0.2) is 0 Å². The Balaban J connectivity index is 1.42. The van der Waals surface area contributed by atoms with Gasteiger partial charge >= 0.3 is 0 Å². The molecule has 2 unspecified atom stereocenters. The fourth-order valence-electron chi connectivity index (χ4n) is 3.61. The van der Waals surface area contributed by atoms with E-state index in [1.807, 2.05) is 0 Å². The summed E-state index contributed by atoms with van der Waals surface area (Å²) in [4.78, 5) is 2.60. The Bertz CT molecular complexity index is 400. The highest BCUT2D eigenvalue weighted by Gasteiger charge is 2.21. The minimum absolute atomic E-state index is 0.672. The average Bonchev–Trinajstić information content (AvgIpc) is 2.55. The molecule has 2 heterocycles. The Morgan fingerprint density at radius 3 is 2.81 bits per heavy atom. The van der Waals surface area contributed by atoms with Crippen LogP contribution in [0.2, 0.25) is 0 Å². The molecule has 0 bridgehead atoms. The monoisotopic (exact) mass is 287 g/mol. The molecule has 0 radical (unpaired) electrons.